The third kappa shape index (κ3) is 5.25. The van der Waals surface area contributed by atoms with Gasteiger partial charge in [-0.2, -0.15) is 0 Å². The number of amides is 1. The Morgan fingerprint density at radius 2 is 1.96 bits per heavy atom. The van der Waals surface area contributed by atoms with E-state index in [0.717, 1.165) is 57.0 Å². The summed E-state index contributed by atoms with van der Waals surface area (Å²) in [5.74, 6) is 1.20. The molecule has 0 aromatic carbocycles. The Morgan fingerprint density at radius 1 is 1.12 bits per heavy atom. The van der Waals surface area contributed by atoms with E-state index in [1.807, 2.05) is 23.7 Å². The molecule has 26 heavy (non-hydrogen) atoms. The fraction of sp³-hybridized carbons (Fsp3) is 0.526. The Hall–Kier alpha value is -1.99. The van der Waals surface area contributed by atoms with Gasteiger partial charge in [0.05, 0.1) is 12.1 Å². The Kier molecular flexibility index (Phi) is 6.57. The maximum absolute atomic E-state index is 12.6. The summed E-state index contributed by atoms with van der Waals surface area (Å²) in [4.78, 5) is 29.0. The molecule has 140 valence electrons. The van der Waals surface area contributed by atoms with Gasteiger partial charge >= 0.3 is 0 Å². The average molecular weight is 374 g/mol. The van der Waals surface area contributed by atoms with Crippen molar-refractivity contribution in [3.05, 3.63) is 40.5 Å². The van der Waals surface area contributed by atoms with Crippen LogP contribution in [-0.4, -0.2) is 65.9 Å². The lowest BCUT2D eigenvalue weighted by atomic mass is 10.2. The number of rotatable bonds is 2. The van der Waals surface area contributed by atoms with E-state index in [0.29, 0.717) is 6.54 Å². The summed E-state index contributed by atoms with van der Waals surface area (Å²) in [6.45, 7) is 3.76. The van der Waals surface area contributed by atoms with Crippen LogP contribution in [0, 0.1) is 0 Å². The minimum Gasteiger partial charge on any atom is -0.360 e. The average Bonchev–Trinajstić information content (AvgIpc) is 3.14. The summed E-state index contributed by atoms with van der Waals surface area (Å²) in [7, 11) is 3.97. The standard InChI is InChI=1S/C19H27N5OS/c1-22-9-5-10-23(2)19(25)14-24(13-17-12-20-15-26-17)11-4-7-16-6-3-8-18(22)21-16/h3,6,8,12,15H,4-5,7,9-11,13-14H2,1-2H3. The molecule has 1 aliphatic rings. The molecule has 6 nitrogen and oxygen atoms in total. The summed E-state index contributed by atoms with van der Waals surface area (Å²) in [5, 5.41) is 0. The van der Waals surface area contributed by atoms with Crippen molar-refractivity contribution in [2.24, 2.45) is 0 Å². The van der Waals surface area contributed by atoms with Crippen LogP contribution in [0.5, 0.6) is 0 Å². The van der Waals surface area contributed by atoms with Crippen molar-refractivity contribution < 1.29 is 4.79 Å². The number of carbonyl (C=O) groups is 1. The van der Waals surface area contributed by atoms with Gasteiger partial charge in [-0.1, -0.05) is 6.07 Å². The van der Waals surface area contributed by atoms with Crippen LogP contribution in [0.1, 0.15) is 23.4 Å². The number of aryl methyl sites for hydroxylation is 1. The third-order valence-corrected chi connectivity index (χ3v) is 5.49. The van der Waals surface area contributed by atoms with Crippen molar-refractivity contribution in [3.8, 4) is 0 Å². The molecule has 0 N–H and O–H groups in total. The molecule has 2 bridgehead atoms. The highest BCUT2D eigenvalue weighted by Gasteiger charge is 2.16. The molecule has 3 rings (SSSR count). The number of aromatic nitrogens is 2. The van der Waals surface area contributed by atoms with Crippen LogP contribution in [0.15, 0.2) is 29.9 Å². The molecule has 0 fully saturated rings. The number of hydrogen-bond acceptors (Lipinski definition) is 6. The van der Waals surface area contributed by atoms with Gasteiger partial charge in [0.25, 0.3) is 0 Å². The van der Waals surface area contributed by atoms with Gasteiger partial charge in [-0.15, -0.1) is 11.3 Å². The highest BCUT2D eigenvalue weighted by molar-refractivity contribution is 7.09. The number of anilines is 1. The quantitative estimate of drug-likeness (QED) is 0.808. The Balaban J connectivity index is 1.73. The Morgan fingerprint density at radius 3 is 2.77 bits per heavy atom. The Bertz CT molecular complexity index is 706. The summed E-state index contributed by atoms with van der Waals surface area (Å²) in [6.07, 6.45) is 4.73. The van der Waals surface area contributed by atoms with E-state index in [1.165, 1.54) is 4.88 Å². The van der Waals surface area contributed by atoms with Crippen LogP contribution < -0.4 is 4.90 Å². The van der Waals surface area contributed by atoms with Crippen molar-refractivity contribution in [2.75, 3.05) is 45.2 Å². The molecular formula is C19H27N5OS. The van der Waals surface area contributed by atoms with E-state index in [2.05, 4.69) is 40.0 Å². The highest BCUT2D eigenvalue weighted by atomic mass is 32.1. The van der Waals surface area contributed by atoms with Gasteiger partial charge in [0.15, 0.2) is 0 Å². The number of thiazole rings is 1. The van der Waals surface area contributed by atoms with Crippen LogP contribution in [0.2, 0.25) is 0 Å². The molecule has 1 aliphatic heterocycles. The first-order valence-electron chi connectivity index (χ1n) is 9.12. The summed E-state index contributed by atoms with van der Waals surface area (Å²) in [5.41, 5.74) is 2.96. The van der Waals surface area contributed by atoms with Crippen molar-refractivity contribution in [1.82, 2.24) is 19.8 Å². The van der Waals surface area contributed by atoms with Crippen LogP contribution in [-0.2, 0) is 17.8 Å². The summed E-state index contributed by atoms with van der Waals surface area (Å²) >= 11 is 1.64. The fourth-order valence-electron chi connectivity index (χ4n) is 3.15. The van der Waals surface area contributed by atoms with E-state index in [-0.39, 0.29) is 5.91 Å². The SMILES string of the molecule is CN1CCCN(C)c2cccc(n2)CCCN(Cc2cncs2)CC1=O. The second-order valence-corrected chi connectivity index (χ2v) is 7.83. The molecule has 0 saturated carbocycles. The van der Waals surface area contributed by atoms with Crippen LogP contribution in [0.25, 0.3) is 0 Å². The lowest BCUT2D eigenvalue weighted by Crippen LogP contribution is -2.39. The molecule has 0 unspecified atom stereocenters. The minimum absolute atomic E-state index is 0.186. The van der Waals surface area contributed by atoms with Crippen molar-refractivity contribution >= 4 is 23.1 Å². The maximum atomic E-state index is 12.6. The van der Waals surface area contributed by atoms with Gasteiger partial charge in [0, 0.05) is 50.5 Å². The number of hydrogen-bond donors (Lipinski definition) is 0. The predicted octanol–water partition coefficient (Wildman–Crippen LogP) is 2.27. The van der Waals surface area contributed by atoms with Crippen molar-refractivity contribution in [2.45, 2.75) is 25.8 Å². The molecule has 0 spiro atoms. The van der Waals surface area contributed by atoms with E-state index in [4.69, 9.17) is 4.98 Å². The van der Waals surface area contributed by atoms with E-state index in [1.54, 1.807) is 11.3 Å². The van der Waals surface area contributed by atoms with Gasteiger partial charge in [-0.3, -0.25) is 14.7 Å². The molecule has 0 radical (unpaired) electrons. The monoisotopic (exact) mass is 373 g/mol. The minimum atomic E-state index is 0.186. The first-order chi connectivity index (χ1) is 12.6. The first-order valence-corrected chi connectivity index (χ1v) is 10.0. The molecule has 0 saturated heterocycles. The smallest absolute Gasteiger partial charge is 0.236 e. The zero-order chi connectivity index (χ0) is 18.4. The van der Waals surface area contributed by atoms with Gasteiger partial charge in [-0.25, -0.2) is 4.98 Å². The van der Waals surface area contributed by atoms with E-state index < -0.39 is 0 Å². The number of nitrogens with zero attached hydrogens (tertiary/aromatic N) is 5. The van der Waals surface area contributed by atoms with E-state index in [9.17, 15) is 4.79 Å². The largest absolute Gasteiger partial charge is 0.360 e. The zero-order valence-electron chi connectivity index (χ0n) is 15.6. The molecule has 2 aromatic rings. The number of pyridine rings is 1. The normalized spacial score (nSPS) is 18.0. The zero-order valence-corrected chi connectivity index (χ0v) is 16.4. The Labute approximate surface area is 159 Å². The van der Waals surface area contributed by atoms with Gasteiger partial charge in [0.2, 0.25) is 5.91 Å². The lowest BCUT2D eigenvalue weighted by Gasteiger charge is -2.26. The van der Waals surface area contributed by atoms with Gasteiger partial charge < -0.3 is 9.80 Å². The topological polar surface area (TPSA) is 52.6 Å². The van der Waals surface area contributed by atoms with Crippen LogP contribution in [0.3, 0.4) is 0 Å². The molecule has 7 heteroatoms. The predicted molar refractivity (Wildman–Crippen MR) is 105 cm³/mol. The number of fused-ring (bicyclic) bond motifs is 2. The molecule has 0 atom stereocenters. The van der Waals surface area contributed by atoms with Crippen molar-refractivity contribution in [1.29, 1.82) is 0 Å². The maximum Gasteiger partial charge on any atom is 0.236 e. The molecule has 0 aliphatic carbocycles. The van der Waals surface area contributed by atoms with E-state index >= 15 is 0 Å². The summed E-state index contributed by atoms with van der Waals surface area (Å²) < 4.78 is 0. The van der Waals surface area contributed by atoms with Gasteiger partial charge in [0.1, 0.15) is 5.82 Å². The molecule has 1 amide bonds. The molecule has 3 heterocycles. The van der Waals surface area contributed by atoms with Gasteiger partial charge in [-0.05, 0) is 37.9 Å². The third-order valence-electron chi connectivity index (χ3n) is 4.72. The van der Waals surface area contributed by atoms with Crippen LogP contribution in [0.4, 0.5) is 5.82 Å². The molecule has 2 aromatic heterocycles. The van der Waals surface area contributed by atoms with Crippen LogP contribution >= 0.6 is 11.3 Å². The number of likely N-dealkylation sites (N-methyl/N-ethyl adjacent to an activating group) is 1. The summed E-state index contributed by atoms with van der Waals surface area (Å²) in [6, 6.07) is 6.24. The molecular weight excluding hydrogens is 346 g/mol. The second-order valence-electron chi connectivity index (χ2n) is 6.86. The lowest BCUT2D eigenvalue weighted by molar-refractivity contribution is -0.131. The fourth-order valence-corrected chi connectivity index (χ4v) is 3.79. The first kappa shape index (κ1) is 18.8. The highest BCUT2D eigenvalue weighted by Crippen LogP contribution is 2.14. The number of carbonyl (C=O) groups excluding carboxylic acids is 1. The van der Waals surface area contributed by atoms with Crippen molar-refractivity contribution in [3.63, 3.8) is 0 Å². The second kappa shape index (κ2) is 9.09.